The fraction of sp³-hybridized carbons (Fsp3) is 0.188. The number of carbonyl (C=O) groups excluding carboxylic acids is 1. The Bertz CT molecular complexity index is 631. The Balaban J connectivity index is 2.15. The number of aryl methyl sites for hydroxylation is 2. The summed E-state index contributed by atoms with van der Waals surface area (Å²) in [6.07, 6.45) is 0. The Morgan fingerprint density at radius 3 is 2.40 bits per heavy atom. The second-order valence-corrected chi connectivity index (χ2v) is 5.40. The molecule has 0 atom stereocenters. The highest BCUT2D eigenvalue weighted by Crippen LogP contribution is 2.24. The lowest BCUT2D eigenvalue weighted by atomic mass is 10.1. The van der Waals surface area contributed by atoms with Crippen LogP contribution in [0.1, 0.15) is 21.5 Å². The molecule has 0 fully saturated rings. The van der Waals surface area contributed by atoms with E-state index in [1.165, 1.54) is 0 Å². The zero-order valence-corrected chi connectivity index (χ0v) is 12.8. The third-order valence-corrected chi connectivity index (χ3v) is 3.55. The first-order valence-corrected chi connectivity index (χ1v) is 6.92. The third-order valence-electron chi connectivity index (χ3n) is 2.99. The number of ether oxygens (including phenoxy) is 1. The van der Waals surface area contributed by atoms with E-state index in [0.29, 0.717) is 15.6 Å². The molecule has 0 unspecified atom stereocenters. The Labute approximate surface area is 128 Å². The van der Waals surface area contributed by atoms with E-state index in [9.17, 15) is 4.79 Å². The number of Topliss-reactive ketones (excluding diaryl/α,β-unsaturated/α-hetero) is 1. The summed E-state index contributed by atoms with van der Waals surface area (Å²) in [5, 5.41) is 0.856. The summed E-state index contributed by atoms with van der Waals surface area (Å²) in [7, 11) is 0. The van der Waals surface area contributed by atoms with Crippen molar-refractivity contribution in [1.82, 2.24) is 0 Å². The van der Waals surface area contributed by atoms with E-state index in [1.54, 1.807) is 18.2 Å². The predicted molar refractivity (Wildman–Crippen MR) is 82.2 cm³/mol. The summed E-state index contributed by atoms with van der Waals surface area (Å²) in [5.74, 6) is 0.541. The molecule has 2 nitrogen and oxygen atoms in total. The van der Waals surface area contributed by atoms with Crippen LogP contribution in [0.5, 0.6) is 5.75 Å². The molecule has 0 amide bonds. The SMILES string of the molecule is Cc1cccc(C)c1OCC(=O)c1cc(Cl)ccc1Cl. The van der Waals surface area contributed by atoms with Gasteiger partial charge in [-0.15, -0.1) is 0 Å². The molecule has 0 aliphatic heterocycles. The molecule has 0 heterocycles. The molecule has 0 radical (unpaired) electrons. The molecule has 2 rings (SSSR count). The number of benzene rings is 2. The van der Waals surface area contributed by atoms with Crippen LogP contribution >= 0.6 is 23.2 Å². The van der Waals surface area contributed by atoms with Gasteiger partial charge in [-0.3, -0.25) is 4.79 Å². The second kappa shape index (κ2) is 6.29. The van der Waals surface area contributed by atoms with E-state index in [2.05, 4.69) is 0 Å². The highest BCUT2D eigenvalue weighted by Gasteiger charge is 2.13. The minimum absolute atomic E-state index is 0.0637. The lowest BCUT2D eigenvalue weighted by Gasteiger charge is -2.11. The first-order chi connectivity index (χ1) is 9.49. The van der Waals surface area contributed by atoms with Crippen LogP contribution in [-0.4, -0.2) is 12.4 Å². The van der Waals surface area contributed by atoms with Crippen LogP contribution in [0.4, 0.5) is 0 Å². The predicted octanol–water partition coefficient (Wildman–Crippen LogP) is 4.87. The number of para-hydroxylation sites is 1. The summed E-state index contributed by atoms with van der Waals surface area (Å²) in [5.41, 5.74) is 2.37. The van der Waals surface area contributed by atoms with Gasteiger partial charge in [0.25, 0.3) is 0 Å². The van der Waals surface area contributed by atoms with Gasteiger partial charge < -0.3 is 4.74 Å². The van der Waals surface area contributed by atoms with E-state index < -0.39 is 0 Å². The van der Waals surface area contributed by atoms with Crippen molar-refractivity contribution in [3.05, 3.63) is 63.1 Å². The fourth-order valence-electron chi connectivity index (χ4n) is 1.95. The molecule has 0 saturated heterocycles. The van der Waals surface area contributed by atoms with Gasteiger partial charge in [0.2, 0.25) is 5.78 Å². The van der Waals surface area contributed by atoms with Crippen LogP contribution in [0.3, 0.4) is 0 Å². The molecule has 20 heavy (non-hydrogen) atoms. The van der Waals surface area contributed by atoms with Gasteiger partial charge >= 0.3 is 0 Å². The minimum atomic E-state index is -0.194. The van der Waals surface area contributed by atoms with Gasteiger partial charge in [0.1, 0.15) is 5.75 Å². The smallest absolute Gasteiger partial charge is 0.201 e. The summed E-state index contributed by atoms with van der Waals surface area (Å²) in [6, 6.07) is 10.6. The van der Waals surface area contributed by atoms with Crippen molar-refractivity contribution in [1.29, 1.82) is 0 Å². The van der Waals surface area contributed by atoms with E-state index in [4.69, 9.17) is 27.9 Å². The molecular weight excluding hydrogens is 295 g/mol. The van der Waals surface area contributed by atoms with Gasteiger partial charge in [0.15, 0.2) is 6.61 Å². The van der Waals surface area contributed by atoms with Crippen molar-refractivity contribution in [2.45, 2.75) is 13.8 Å². The molecule has 0 N–H and O–H groups in total. The number of carbonyl (C=O) groups is 1. The van der Waals surface area contributed by atoms with Crippen molar-refractivity contribution >= 4 is 29.0 Å². The molecule has 2 aromatic carbocycles. The van der Waals surface area contributed by atoms with Gasteiger partial charge in [-0.25, -0.2) is 0 Å². The van der Waals surface area contributed by atoms with Crippen LogP contribution in [-0.2, 0) is 0 Å². The Hall–Kier alpha value is -1.51. The topological polar surface area (TPSA) is 26.3 Å². The molecule has 2 aromatic rings. The molecule has 0 aromatic heterocycles. The number of hydrogen-bond acceptors (Lipinski definition) is 2. The maximum Gasteiger partial charge on any atom is 0.201 e. The summed E-state index contributed by atoms with van der Waals surface area (Å²) < 4.78 is 5.63. The van der Waals surface area contributed by atoms with E-state index in [-0.39, 0.29) is 12.4 Å². The maximum absolute atomic E-state index is 12.1. The highest BCUT2D eigenvalue weighted by atomic mass is 35.5. The third kappa shape index (κ3) is 3.33. The highest BCUT2D eigenvalue weighted by molar-refractivity contribution is 6.35. The summed E-state index contributed by atoms with van der Waals surface area (Å²) >= 11 is 11.9. The normalized spacial score (nSPS) is 10.4. The molecule has 0 saturated carbocycles. The Morgan fingerprint density at radius 2 is 1.75 bits per heavy atom. The van der Waals surface area contributed by atoms with Gasteiger partial charge in [-0.1, -0.05) is 41.4 Å². The van der Waals surface area contributed by atoms with Gasteiger partial charge in [0.05, 0.1) is 5.02 Å². The van der Waals surface area contributed by atoms with Gasteiger partial charge in [-0.2, -0.15) is 0 Å². The molecule has 0 bridgehead atoms. The monoisotopic (exact) mass is 308 g/mol. The second-order valence-electron chi connectivity index (χ2n) is 4.56. The van der Waals surface area contributed by atoms with E-state index in [0.717, 1.165) is 16.9 Å². The van der Waals surface area contributed by atoms with E-state index in [1.807, 2.05) is 32.0 Å². The quantitative estimate of drug-likeness (QED) is 0.753. The molecular formula is C16H14Cl2O2. The zero-order chi connectivity index (χ0) is 14.7. The van der Waals surface area contributed by atoms with Crippen molar-refractivity contribution in [2.75, 3.05) is 6.61 Å². The Morgan fingerprint density at radius 1 is 1.10 bits per heavy atom. The zero-order valence-electron chi connectivity index (χ0n) is 11.2. The van der Waals surface area contributed by atoms with Crippen molar-refractivity contribution in [3.63, 3.8) is 0 Å². The average molecular weight is 309 g/mol. The van der Waals surface area contributed by atoms with Crippen LogP contribution in [0.2, 0.25) is 10.0 Å². The summed E-state index contributed by atoms with van der Waals surface area (Å²) in [4.78, 5) is 12.1. The van der Waals surface area contributed by atoms with Crippen LogP contribution in [0, 0.1) is 13.8 Å². The molecule has 0 aliphatic rings. The lowest BCUT2D eigenvalue weighted by molar-refractivity contribution is 0.0921. The molecule has 0 aliphatic carbocycles. The molecule has 104 valence electrons. The summed E-state index contributed by atoms with van der Waals surface area (Å²) in [6.45, 7) is 3.82. The average Bonchev–Trinajstić information content (AvgIpc) is 2.40. The lowest BCUT2D eigenvalue weighted by Crippen LogP contribution is -2.13. The number of ketones is 1. The molecule has 0 spiro atoms. The Kier molecular flexibility index (Phi) is 4.69. The van der Waals surface area contributed by atoms with Crippen molar-refractivity contribution in [2.24, 2.45) is 0 Å². The van der Waals surface area contributed by atoms with Crippen LogP contribution in [0.15, 0.2) is 36.4 Å². The van der Waals surface area contributed by atoms with Crippen molar-refractivity contribution in [3.8, 4) is 5.75 Å². The first kappa shape index (κ1) is 14.9. The number of rotatable bonds is 4. The van der Waals surface area contributed by atoms with Crippen LogP contribution < -0.4 is 4.74 Å². The largest absolute Gasteiger partial charge is 0.485 e. The van der Waals surface area contributed by atoms with Gasteiger partial charge in [-0.05, 0) is 43.2 Å². The maximum atomic E-state index is 12.1. The fourth-order valence-corrected chi connectivity index (χ4v) is 2.35. The molecule has 4 heteroatoms. The minimum Gasteiger partial charge on any atom is -0.485 e. The van der Waals surface area contributed by atoms with Gasteiger partial charge in [0, 0.05) is 10.6 Å². The van der Waals surface area contributed by atoms with Crippen LogP contribution in [0.25, 0.3) is 0 Å². The number of halogens is 2. The van der Waals surface area contributed by atoms with Crippen molar-refractivity contribution < 1.29 is 9.53 Å². The number of hydrogen-bond donors (Lipinski definition) is 0. The standard InChI is InChI=1S/C16H14Cl2O2/c1-10-4-3-5-11(2)16(10)20-9-15(19)13-8-12(17)6-7-14(13)18/h3-8H,9H2,1-2H3. The first-order valence-electron chi connectivity index (χ1n) is 6.16. The van der Waals surface area contributed by atoms with E-state index >= 15 is 0 Å².